The molecule has 3 aromatic carbocycles. The minimum Gasteiger partial charge on any atom is -0.813 e. The van der Waals surface area contributed by atoms with Crippen LogP contribution in [-0.4, -0.2) is 6.66 Å². The summed E-state index contributed by atoms with van der Waals surface area (Å²) in [6.07, 6.45) is 0. The number of benzene rings is 3. The fourth-order valence-electron chi connectivity index (χ4n) is 2.63. The summed E-state index contributed by atoms with van der Waals surface area (Å²) in [6, 6.07) is 32.6. The molecule has 0 aromatic heterocycles. The molecule has 0 saturated heterocycles. The van der Waals surface area contributed by atoms with Crippen LogP contribution in [0.3, 0.4) is 0 Å². The number of hydrogen-bond acceptors (Lipinski definition) is 2. The zero-order valence-electron chi connectivity index (χ0n) is 21.8. The van der Waals surface area contributed by atoms with E-state index in [0.717, 1.165) is 0 Å². The van der Waals surface area contributed by atoms with Gasteiger partial charge in [0, 0.05) is 51.2 Å². The Morgan fingerprint density at radius 2 is 0.442 bits per heavy atom. The molecule has 15 heteroatoms. The molecule has 3 radical (unpaired) electrons. The smallest absolute Gasteiger partial charge is 0 e. The summed E-state index contributed by atoms with van der Waals surface area (Å²) in [5.41, 5.74) is 0. The third kappa shape index (κ3) is 36.1. The van der Waals surface area contributed by atoms with Crippen LogP contribution >= 0.6 is 7.26 Å². The van der Waals surface area contributed by atoms with E-state index in [4.69, 9.17) is 41.9 Å². The van der Waals surface area contributed by atoms with Crippen LogP contribution in [0.5, 0.6) is 0 Å². The summed E-state index contributed by atoms with van der Waals surface area (Å²) >= 11 is 0. The summed E-state index contributed by atoms with van der Waals surface area (Å²) in [5, 5.41) is 4.28. The summed E-state index contributed by atoms with van der Waals surface area (Å²) in [6.45, 7) is 42.9. The molecule has 0 spiro atoms. The summed E-state index contributed by atoms with van der Waals surface area (Å²) < 4.78 is 67.5. The molecule has 3 aromatic rings. The zero-order chi connectivity index (χ0) is 31.8. The van der Waals surface area contributed by atoms with Crippen LogP contribution in [0.1, 0.15) is 0 Å². The van der Waals surface area contributed by atoms with Gasteiger partial charge in [-0.05, 0) is 36.4 Å². The second kappa shape index (κ2) is 77.6. The second-order valence-corrected chi connectivity index (χ2v) is 8.57. The molecule has 0 bridgehead atoms. The fraction of sp³-hybridized carbons (Fsp3) is 0.0357. The molecule has 0 amide bonds. The van der Waals surface area contributed by atoms with Gasteiger partial charge in [0.15, 0.2) is 0 Å². The standard InChI is InChI=1S/C19H18P.9CO.3Mn.2H2S/c1-20(17-11-5-2-6-12-17,18-13-7-3-8-14-18)19-15-9-4-10-16-19;9*1-2;;;;;/h2-16H,1H3;;;;;;;;;;;;;2*1H2/q+1;;;;;;;;;;;;;;/p-2. The van der Waals surface area contributed by atoms with Crippen molar-refractivity contribution in [3.63, 3.8) is 0 Å². The van der Waals surface area contributed by atoms with E-state index >= 15 is 0 Å². The Balaban J connectivity index is -0.0000000365. The van der Waals surface area contributed by atoms with Gasteiger partial charge < -0.3 is 27.0 Å². The van der Waals surface area contributed by atoms with Gasteiger partial charge in [0.05, 0.1) is 6.66 Å². The van der Waals surface area contributed by atoms with Crippen LogP contribution in [0.4, 0.5) is 0 Å². The van der Waals surface area contributed by atoms with Crippen LogP contribution in [-0.2, 0) is 120 Å². The summed E-state index contributed by atoms with van der Waals surface area (Å²) in [7, 11) is -1.53. The van der Waals surface area contributed by atoms with E-state index < -0.39 is 7.26 Å². The molecule has 0 aliphatic heterocycles. The molecule has 0 aliphatic rings. The van der Waals surface area contributed by atoms with Gasteiger partial charge in [-0.3, -0.25) is 0 Å². The van der Waals surface area contributed by atoms with E-state index in [-0.39, 0.29) is 78.2 Å². The first-order chi connectivity index (χ1) is 18.8. The van der Waals surface area contributed by atoms with E-state index in [1.807, 2.05) is 0 Å². The number of thiol groups is 2. The van der Waals surface area contributed by atoms with Crippen LogP contribution < -0.4 is 15.9 Å². The van der Waals surface area contributed by atoms with Gasteiger partial charge in [-0.25, -0.2) is 0 Å². The van der Waals surface area contributed by atoms with Crippen LogP contribution in [0.15, 0.2) is 91.0 Å². The largest absolute Gasteiger partial charge is 0.813 e. The Labute approximate surface area is 298 Å². The monoisotopic (exact) mass is 760 g/mol. The normalized spacial score (nSPS) is 5.65. The molecule has 0 aliphatic carbocycles. The van der Waals surface area contributed by atoms with Crippen molar-refractivity contribution in [3.05, 3.63) is 151 Å². The Morgan fingerprint density at radius 3 is 0.558 bits per heavy atom. The second-order valence-electron chi connectivity index (χ2n) is 5.01. The van der Waals surface area contributed by atoms with Gasteiger partial charge in [-0.1, -0.05) is 54.6 Å². The first-order valence-electron chi connectivity index (χ1n) is 8.69. The van der Waals surface area contributed by atoms with E-state index in [1.54, 1.807) is 0 Å². The molecular formula is C28H20Mn3O9PS2-. The molecule has 225 valence electrons. The van der Waals surface area contributed by atoms with Crippen LogP contribution in [0, 0.1) is 59.9 Å². The molecule has 0 N–H and O–H groups in total. The first-order valence-corrected chi connectivity index (χ1v) is 10.9. The molecular weight excluding hydrogens is 740 g/mol. The van der Waals surface area contributed by atoms with Gasteiger partial charge >= 0.3 is 102 Å². The molecule has 0 fully saturated rings. The van der Waals surface area contributed by atoms with E-state index in [0.29, 0.717) is 0 Å². The minimum atomic E-state index is -1.53. The van der Waals surface area contributed by atoms with Crippen molar-refractivity contribution in [3.8, 4) is 0 Å². The average Bonchev–Trinajstić information content (AvgIpc) is 3.10. The topological polar surface area (TPSA) is 179 Å². The zero-order valence-corrected chi connectivity index (χ0v) is 28.0. The molecule has 0 heterocycles. The Hall–Kier alpha value is -1.99. The van der Waals surface area contributed by atoms with Crippen molar-refractivity contribution in [1.82, 2.24) is 0 Å². The van der Waals surface area contributed by atoms with Crippen molar-refractivity contribution >= 4 is 50.2 Å². The average molecular weight is 760 g/mol. The third-order valence-electron chi connectivity index (χ3n) is 3.82. The number of hydrogen-bond donors (Lipinski definition) is 0. The maximum Gasteiger partial charge on any atom is 0 e. The van der Waals surface area contributed by atoms with E-state index in [2.05, 4.69) is 158 Å². The maximum absolute atomic E-state index is 7.50. The first kappa shape index (κ1) is 78.0. The van der Waals surface area contributed by atoms with E-state index in [1.165, 1.54) is 15.9 Å². The van der Waals surface area contributed by atoms with Gasteiger partial charge in [0.25, 0.3) is 0 Å². The SMILES string of the molecule is C[P+](c1ccccc1)(c1ccccc1)c1ccccc1.[C-]#[O+].[C-]#[O+].[C-]#[O+].[C-]#[O+].[C-]#[O+].[C-]#[O+].[C-]#[O+].[C-]#[O+].[C-]#[O+].[Mn].[Mn].[Mn].[SH-].[SH-]. The van der Waals surface area contributed by atoms with Gasteiger partial charge in [-0.15, -0.1) is 0 Å². The molecule has 43 heavy (non-hydrogen) atoms. The summed E-state index contributed by atoms with van der Waals surface area (Å²) in [4.78, 5) is 0. The van der Waals surface area contributed by atoms with Gasteiger partial charge in [0.1, 0.15) is 23.2 Å². The number of rotatable bonds is 3. The molecule has 0 saturated carbocycles. The van der Waals surface area contributed by atoms with Crippen molar-refractivity contribution in [2.24, 2.45) is 0 Å². The summed E-state index contributed by atoms with van der Waals surface area (Å²) in [5.74, 6) is 0. The van der Waals surface area contributed by atoms with Crippen molar-refractivity contribution in [2.45, 2.75) is 0 Å². The predicted molar refractivity (Wildman–Crippen MR) is 144 cm³/mol. The molecule has 0 unspecified atom stereocenters. The molecule has 9 nitrogen and oxygen atoms in total. The van der Waals surface area contributed by atoms with Crippen molar-refractivity contribution in [1.29, 1.82) is 0 Å². The third-order valence-corrected chi connectivity index (χ3v) is 7.81. The van der Waals surface area contributed by atoms with Gasteiger partial charge in [-0.2, -0.15) is 0 Å². The predicted octanol–water partition coefficient (Wildman–Crippen LogP) is 2.73. The Kier molecular flexibility index (Phi) is 141. The Morgan fingerprint density at radius 1 is 0.326 bits per heavy atom. The fourth-order valence-corrected chi connectivity index (χ4v) is 5.83. The molecule has 0 atom stereocenters. The van der Waals surface area contributed by atoms with Crippen molar-refractivity contribution < 1.29 is 93.1 Å². The minimum absolute atomic E-state index is 0. The van der Waals surface area contributed by atoms with Gasteiger partial charge in [0.2, 0.25) is 0 Å². The van der Waals surface area contributed by atoms with Crippen LogP contribution in [0.2, 0.25) is 0 Å². The van der Waals surface area contributed by atoms with E-state index in [9.17, 15) is 0 Å². The van der Waals surface area contributed by atoms with Crippen LogP contribution in [0.25, 0.3) is 0 Å². The maximum atomic E-state index is 7.50. The molecule has 3 rings (SSSR count). The van der Waals surface area contributed by atoms with Crippen molar-refractivity contribution in [2.75, 3.05) is 6.66 Å². The quantitative estimate of drug-likeness (QED) is 0.0997. The Bertz CT molecular complexity index is 907.